The van der Waals surface area contributed by atoms with Gasteiger partial charge in [-0.05, 0) is 56.5 Å². The molecule has 16 heteroatoms. The number of ether oxygens (including phenoxy) is 7. The van der Waals surface area contributed by atoms with Gasteiger partial charge in [0.2, 0.25) is 6.79 Å². The quantitative estimate of drug-likeness (QED) is 0.106. The molecule has 7 aliphatic heterocycles. The molecule has 1 aromatic heterocycles. The average Bonchev–Trinajstić information content (AvgIpc) is 3.86. The van der Waals surface area contributed by atoms with Gasteiger partial charge in [-0.1, -0.05) is 30.8 Å². The number of aromatic amines is 1. The summed E-state index contributed by atoms with van der Waals surface area (Å²) in [4.78, 5) is 49.0. The summed E-state index contributed by atoms with van der Waals surface area (Å²) in [7, 11) is 3.48. The number of rotatable bonds is 4. The van der Waals surface area contributed by atoms with E-state index in [2.05, 4.69) is 32.7 Å². The number of ketones is 1. The van der Waals surface area contributed by atoms with E-state index in [1.807, 2.05) is 45.2 Å². The predicted octanol–water partition coefficient (Wildman–Crippen LogP) is 5.18. The monoisotopic (exact) mass is 838 g/mol. The first-order valence-electron chi connectivity index (χ1n) is 20.1. The van der Waals surface area contributed by atoms with Gasteiger partial charge in [-0.15, -0.1) is 11.8 Å². The molecule has 0 amide bonds. The number of aryl methyl sites for hydroxylation is 1. The van der Waals surface area contributed by atoms with Gasteiger partial charge in [0, 0.05) is 64.1 Å². The third-order valence-corrected chi connectivity index (χ3v) is 14.7. The zero-order chi connectivity index (χ0) is 41.8. The van der Waals surface area contributed by atoms with E-state index in [0.717, 1.165) is 46.0 Å². The van der Waals surface area contributed by atoms with Crippen LogP contribution in [0.4, 0.5) is 4.79 Å². The third-order valence-electron chi connectivity index (χ3n) is 13.2. The molecule has 4 bridgehead atoms. The van der Waals surface area contributed by atoms with E-state index in [-0.39, 0.29) is 37.3 Å². The molecular weight excluding hydrogens is 793 g/mol. The number of nitrogens with one attached hydrogen (secondary N) is 2. The van der Waals surface area contributed by atoms with Crippen molar-refractivity contribution in [1.29, 1.82) is 0 Å². The fraction of sp³-hybridized carbons (Fsp3) is 0.432. The number of para-hydroxylation sites is 1. The largest absolute Gasteiger partial charge is 0.518 e. The highest BCUT2D eigenvalue weighted by atomic mass is 32.2. The molecule has 4 aromatic rings. The van der Waals surface area contributed by atoms with Crippen molar-refractivity contribution in [3.05, 3.63) is 87.8 Å². The minimum Gasteiger partial charge on any atom is -0.493 e. The van der Waals surface area contributed by atoms with Crippen molar-refractivity contribution in [2.24, 2.45) is 0 Å². The number of methoxy groups -OCH3 is 1. The topological polar surface area (TPSA) is 170 Å². The Hall–Kier alpha value is -5.10. The SMILES string of the molecule is C=COC(=O)Oc1c(OC)c(C)cc2c1[C@H]1C3[C@@H]4SC[C@]5(NCCc6c5[nH]c5ccccc65)C(=O)COC[C@@H](c5c6c(c(C)c(OC(C)=O)c54)OCO6)N3[C@@H](O)[C@@H](C2)N1C. The molecule has 0 aliphatic carbocycles. The molecule has 2 fully saturated rings. The van der Waals surface area contributed by atoms with Crippen LogP contribution < -0.4 is 29.0 Å². The smallest absolute Gasteiger partial charge is 0.493 e. The highest BCUT2D eigenvalue weighted by Gasteiger charge is 2.61. The molecule has 2 saturated heterocycles. The molecule has 8 heterocycles. The molecule has 1 unspecified atom stereocenters. The summed E-state index contributed by atoms with van der Waals surface area (Å²) >= 11 is 1.53. The number of Topliss-reactive ketones (excluding diaryl/α,β-unsaturated/α-hetero) is 1. The molecule has 7 atom stereocenters. The van der Waals surface area contributed by atoms with Crippen LogP contribution in [0.25, 0.3) is 10.9 Å². The molecule has 60 heavy (non-hydrogen) atoms. The Kier molecular flexibility index (Phi) is 9.46. The Morgan fingerprint density at radius 3 is 2.67 bits per heavy atom. The average molecular weight is 839 g/mol. The van der Waals surface area contributed by atoms with Crippen molar-refractivity contribution < 1.29 is 52.6 Å². The Balaban J connectivity index is 1.25. The van der Waals surface area contributed by atoms with Gasteiger partial charge >= 0.3 is 12.1 Å². The Morgan fingerprint density at radius 2 is 1.88 bits per heavy atom. The van der Waals surface area contributed by atoms with Crippen LogP contribution in [0.15, 0.2) is 43.2 Å². The summed E-state index contributed by atoms with van der Waals surface area (Å²) in [5.41, 5.74) is 5.84. The van der Waals surface area contributed by atoms with E-state index in [1.54, 1.807) is 0 Å². The van der Waals surface area contributed by atoms with Crippen LogP contribution in [0.1, 0.15) is 68.9 Å². The van der Waals surface area contributed by atoms with Crippen LogP contribution in [-0.2, 0) is 37.4 Å². The zero-order valence-electron chi connectivity index (χ0n) is 33.9. The standard InChI is InChI=1S/C44H46N4O11S/c1-7-55-43(52)59-39-30-23(14-20(2)35(39)53-6)15-27-42(51)48-28-16-54-17-29(50)44(41-25(12-13-45-44)24-10-8-9-11-26(24)46-41)18-60-40(34(48)33(30)47(27)5)32-31(28)38-37(56-19-57-38)21(3)36(32)58-22(4)49/h7-11,14,27-28,33-34,40,42,45-46,51H,1,12-13,15-19H2,2-6H3/t27-,28+,33+,34?,40-,42+,44+/m1/s1. The van der Waals surface area contributed by atoms with Crippen molar-refractivity contribution in [2.75, 3.05) is 46.5 Å². The van der Waals surface area contributed by atoms with Gasteiger partial charge < -0.3 is 43.2 Å². The highest BCUT2D eigenvalue weighted by Crippen LogP contribution is 2.64. The number of carbonyl (C=O) groups excluding carboxylic acids is 3. The molecule has 0 radical (unpaired) electrons. The fourth-order valence-corrected chi connectivity index (χ4v) is 12.6. The van der Waals surface area contributed by atoms with Gasteiger partial charge in [0.1, 0.15) is 24.1 Å². The number of likely N-dealkylation sites (N-methyl/N-ethyl adjacent to an activating group) is 1. The van der Waals surface area contributed by atoms with Crippen molar-refractivity contribution in [3.63, 3.8) is 0 Å². The third kappa shape index (κ3) is 5.57. The number of benzene rings is 3. The van der Waals surface area contributed by atoms with Crippen molar-refractivity contribution in [1.82, 2.24) is 20.1 Å². The number of aliphatic hydroxyl groups is 1. The Bertz CT molecular complexity index is 2510. The van der Waals surface area contributed by atoms with E-state index in [9.17, 15) is 19.5 Å². The number of aliphatic hydroxyl groups excluding tert-OH is 1. The first-order valence-corrected chi connectivity index (χ1v) is 21.1. The van der Waals surface area contributed by atoms with Gasteiger partial charge in [0.05, 0.1) is 43.4 Å². The summed E-state index contributed by atoms with van der Waals surface area (Å²) in [6, 6.07) is 7.76. The number of piperazine rings is 1. The normalized spacial score (nSPS) is 27.9. The number of carbonyl (C=O) groups is 3. The van der Waals surface area contributed by atoms with E-state index < -0.39 is 53.3 Å². The van der Waals surface area contributed by atoms with Crippen LogP contribution in [-0.4, -0.2) is 103 Å². The highest BCUT2D eigenvalue weighted by molar-refractivity contribution is 7.99. The first-order chi connectivity index (χ1) is 29.0. The molecule has 11 rings (SSSR count). The maximum atomic E-state index is 14.9. The Labute approximate surface area is 350 Å². The molecule has 15 nitrogen and oxygen atoms in total. The molecule has 1 spiro atoms. The molecule has 0 saturated carbocycles. The molecule has 3 aromatic carbocycles. The second kappa shape index (κ2) is 14.5. The number of thioether (sulfide) groups is 1. The lowest BCUT2D eigenvalue weighted by Crippen LogP contribution is -2.69. The van der Waals surface area contributed by atoms with Gasteiger partial charge in [0.15, 0.2) is 28.8 Å². The minimum absolute atomic E-state index is 0.0278. The lowest BCUT2D eigenvalue weighted by Gasteiger charge is -2.62. The first kappa shape index (κ1) is 39.1. The number of nitrogens with zero attached hydrogens (tertiary/aromatic N) is 2. The van der Waals surface area contributed by atoms with Gasteiger partial charge in [-0.2, -0.15) is 0 Å². The van der Waals surface area contributed by atoms with Crippen molar-refractivity contribution in [3.8, 4) is 28.7 Å². The molecule has 7 aliphatic rings. The van der Waals surface area contributed by atoms with Gasteiger partial charge in [-0.25, -0.2) is 4.79 Å². The molecule has 314 valence electrons. The summed E-state index contributed by atoms with van der Waals surface area (Å²) in [6.07, 6.45) is 0.0966. The van der Waals surface area contributed by atoms with Crippen LogP contribution in [0, 0.1) is 13.8 Å². The van der Waals surface area contributed by atoms with Crippen molar-refractivity contribution >= 4 is 40.6 Å². The lowest BCUT2D eigenvalue weighted by molar-refractivity contribution is -0.181. The summed E-state index contributed by atoms with van der Waals surface area (Å²) in [6.45, 7) is 8.87. The number of fused-ring (bicyclic) bond motifs is 12. The minimum atomic E-state index is -1.20. The van der Waals surface area contributed by atoms with Crippen LogP contribution in [0.3, 0.4) is 0 Å². The molecular formula is C44H46N4O11S. The lowest BCUT2D eigenvalue weighted by atomic mass is 9.73. The maximum Gasteiger partial charge on any atom is 0.518 e. The van der Waals surface area contributed by atoms with E-state index >= 15 is 0 Å². The van der Waals surface area contributed by atoms with Crippen LogP contribution in [0.2, 0.25) is 0 Å². The molecule has 3 N–H and O–H groups in total. The summed E-state index contributed by atoms with van der Waals surface area (Å²) < 4.78 is 42.2. The number of hydrogen-bond acceptors (Lipinski definition) is 15. The van der Waals surface area contributed by atoms with Crippen LogP contribution >= 0.6 is 11.8 Å². The second-order valence-electron chi connectivity index (χ2n) is 16.2. The number of H-pyrrole nitrogens is 1. The predicted molar refractivity (Wildman–Crippen MR) is 219 cm³/mol. The van der Waals surface area contributed by atoms with Gasteiger partial charge in [0.25, 0.3) is 0 Å². The van der Waals surface area contributed by atoms with E-state index in [0.29, 0.717) is 58.2 Å². The maximum absolute atomic E-state index is 14.9. The van der Waals surface area contributed by atoms with Crippen LogP contribution in [0.5, 0.6) is 28.7 Å². The van der Waals surface area contributed by atoms with Crippen molar-refractivity contribution in [2.45, 2.75) is 74.8 Å². The fourth-order valence-electron chi connectivity index (χ4n) is 10.9. The summed E-state index contributed by atoms with van der Waals surface area (Å²) in [5, 5.41) is 16.9. The number of aromatic nitrogens is 1. The zero-order valence-corrected chi connectivity index (χ0v) is 34.7. The van der Waals surface area contributed by atoms with Gasteiger partial charge in [-0.3, -0.25) is 24.7 Å². The van der Waals surface area contributed by atoms with E-state index in [4.69, 9.17) is 33.2 Å². The second-order valence-corrected chi connectivity index (χ2v) is 17.4. The number of hydrogen-bond donors (Lipinski definition) is 3. The van der Waals surface area contributed by atoms with E-state index in [1.165, 1.54) is 25.8 Å². The summed E-state index contributed by atoms with van der Waals surface area (Å²) in [5.74, 6) is 1.39. The number of esters is 1. The Morgan fingerprint density at radius 1 is 1.08 bits per heavy atom.